The second-order valence-corrected chi connectivity index (χ2v) is 7.85. The average molecular weight is 453 g/mol. The molecule has 1 N–H and O–H groups in total. The molecule has 0 saturated carbocycles. The van der Waals surface area contributed by atoms with Crippen molar-refractivity contribution in [3.63, 3.8) is 0 Å². The quantitative estimate of drug-likeness (QED) is 0.427. The number of rotatable bonds is 6. The Kier molecular flexibility index (Phi) is 6.09. The maximum Gasteiger partial charge on any atom is 0.573 e. The summed E-state index contributed by atoms with van der Waals surface area (Å²) >= 11 is 0. The van der Waals surface area contributed by atoms with E-state index in [0.29, 0.717) is 5.56 Å². The molecule has 0 aliphatic heterocycles. The number of hydrogen-bond acceptors (Lipinski definition) is 3. The first kappa shape index (κ1) is 22.4. The molecule has 2 aromatic heterocycles. The van der Waals surface area contributed by atoms with E-state index in [9.17, 15) is 18.0 Å². The van der Waals surface area contributed by atoms with Gasteiger partial charge in [0.15, 0.2) is 0 Å². The number of nitrogens with one attached hydrogen (secondary N) is 1. The van der Waals surface area contributed by atoms with Gasteiger partial charge in [-0.3, -0.25) is 4.79 Å². The Balaban J connectivity index is 1.52. The Hall–Kier alpha value is -3.81. The topological polar surface area (TPSA) is 55.6 Å². The lowest BCUT2D eigenvalue weighted by Gasteiger charge is -2.10. The molecule has 0 atom stereocenters. The minimum atomic E-state index is -4.74. The number of ether oxygens (including phenoxy) is 1. The van der Waals surface area contributed by atoms with Crippen molar-refractivity contribution in [2.75, 3.05) is 0 Å². The Labute approximate surface area is 188 Å². The van der Waals surface area contributed by atoms with Crippen LogP contribution in [0.2, 0.25) is 0 Å². The molecular formula is C25H22F3N3O2. The number of amides is 1. The molecule has 0 radical (unpaired) electrons. The van der Waals surface area contributed by atoms with Crippen LogP contribution in [-0.4, -0.2) is 21.7 Å². The summed E-state index contributed by atoms with van der Waals surface area (Å²) in [4.78, 5) is 17.5. The van der Waals surface area contributed by atoms with Gasteiger partial charge in [0.25, 0.3) is 0 Å². The largest absolute Gasteiger partial charge is 0.573 e. The lowest BCUT2D eigenvalue weighted by Crippen LogP contribution is -2.25. The number of aromatic nitrogens is 2. The van der Waals surface area contributed by atoms with Crippen molar-refractivity contribution in [3.05, 3.63) is 89.2 Å². The lowest BCUT2D eigenvalue weighted by molar-refractivity contribution is -0.274. The molecule has 0 unspecified atom stereocenters. The van der Waals surface area contributed by atoms with Crippen molar-refractivity contribution in [2.45, 2.75) is 33.2 Å². The van der Waals surface area contributed by atoms with E-state index in [1.807, 2.05) is 60.8 Å². The molecule has 2 heterocycles. The fraction of sp³-hybridized carbons (Fsp3) is 0.200. The van der Waals surface area contributed by atoms with Crippen LogP contribution in [0.3, 0.4) is 0 Å². The number of halogens is 3. The van der Waals surface area contributed by atoms with Gasteiger partial charge in [-0.1, -0.05) is 48.0 Å². The first-order valence-electron chi connectivity index (χ1n) is 10.3. The van der Waals surface area contributed by atoms with E-state index in [1.165, 1.54) is 24.3 Å². The molecule has 4 aromatic rings. The second-order valence-electron chi connectivity index (χ2n) is 7.85. The number of benzene rings is 2. The van der Waals surface area contributed by atoms with Crippen LogP contribution in [0.25, 0.3) is 16.9 Å². The van der Waals surface area contributed by atoms with E-state index in [-0.39, 0.29) is 24.6 Å². The maximum absolute atomic E-state index is 12.8. The van der Waals surface area contributed by atoms with Crippen molar-refractivity contribution in [2.24, 2.45) is 0 Å². The molecule has 4 rings (SSSR count). The minimum absolute atomic E-state index is 0.100. The van der Waals surface area contributed by atoms with E-state index in [2.05, 4.69) is 10.1 Å². The minimum Gasteiger partial charge on any atom is -0.406 e. The number of carbonyl (C=O) groups excluding carboxylic acids is 1. The molecule has 5 nitrogen and oxygen atoms in total. The standard InChI is InChI=1S/C25H22F3N3O2/c1-16-3-8-19(9-4-16)24-21(31-15-17(2)5-12-22(31)30-24)13-23(32)29-14-18-6-10-20(11-7-18)33-25(26,27)28/h3-12,15H,13-14H2,1-2H3,(H,29,32). The van der Waals surface area contributed by atoms with Gasteiger partial charge in [0, 0.05) is 18.3 Å². The van der Waals surface area contributed by atoms with Crippen LogP contribution in [0.5, 0.6) is 5.75 Å². The third-order valence-corrected chi connectivity index (χ3v) is 5.16. The summed E-state index contributed by atoms with van der Waals surface area (Å²) in [7, 11) is 0. The number of pyridine rings is 1. The van der Waals surface area contributed by atoms with Crippen LogP contribution in [0, 0.1) is 13.8 Å². The Bertz CT molecular complexity index is 1280. The molecule has 170 valence electrons. The zero-order chi connectivity index (χ0) is 23.6. The van der Waals surface area contributed by atoms with Crippen LogP contribution >= 0.6 is 0 Å². The Morgan fingerprint density at radius 3 is 2.30 bits per heavy atom. The van der Waals surface area contributed by atoms with Crippen LogP contribution in [0.4, 0.5) is 13.2 Å². The van der Waals surface area contributed by atoms with Crippen LogP contribution in [0.1, 0.15) is 22.4 Å². The van der Waals surface area contributed by atoms with Gasteiger partial charge in [-0.2, -0.15) is 0 Å². The van der Waals surface area contributed by atoms with Gasteiger partial charge in [0.2, 0.25) is 5.91 Å². The summed E-state index contributed by atoms with van der Waals surface area (Å²) in [6.07, 6.45) is -2.69. The molecule has 0 spiro atoms. The first-order chi connectivity index (χ1) is 15.7. The fourth-order valence-electron chi connectivity index (χ4n) is 3.54. The summed E-state index contributed by atoms with van der Waals surface area (Å²) in [6, 6.07) is 17.3. The van der Waals surface area contributed by atoms with Crippen molar-refractivity contribution in [1.29, 1.82) is 0 Å². The maximum atomic E-state index is 12.8. The highest BCUT2D eigenvalue weighted by molar-refractivity contribution is 5.81. The zero-order valence-electron chi connectivity index (χ0n) is 18.1. The normalized spacial score (nSPS) is 11.5. The fourth-order valence-corrected chi connectivity index (χ4v) is 3.54. The van der Waals surface area contributed by atoms with E-state index < -0.39 is 6.36 Å². The molecular weight excluding hydrogens is 431 g/mol. The summed E-state index contributed by atoms with van der Waals surface area (Å²) in [6.45, 7) is 4.16. The van der Waals surface area contributed by atoms with Gasteiger partial charge in [0.1, 0.15) is 11.4 Å². The molecule has 0 saturated heterocycles. The average Bonchev–Trinajstić information content (AvgIpc) is 3.10. The molecule has 0 fully saturated rings. The highest BCUT2D eigenvalue weighted by Crippen LogP contribution is 2.26. The number of alkyl halides is 3. The van der Waals surface area contributed by atoms with Gasteiger partial charge in [0.05, 0.1) is 17.8 Å². The smallest absolute Gasteiger partial charge is 0.406 e. The third kappa shape index (κ3) is 5.52. The SMILES string of the molecule is Cc1ccc(-c2nc3ccc(C)cn3c2CC(=O)NCc2ccc(OC(F)(F)F)cc2)cc1. The number of carbonyl (C=O) groups is 1. The van der Waals surface area contributed by atoms with Gasteiger partial charge < -0.3 is 14.5 Å². The van der Waals surface area contributed by atoms with E-state index >= 15 is 0 Å². The highest BCUT2D eigenvalue weighted by atomic mass is 19.4. The van der Waals surface area contributed by atoms with E-state index in [4.69, 9.17) is 4.98 Å². The summed E-state index contributed by atoms with van der Waals surface area (Å²) in [5.41, 5.74) is 6.01. The van der Waals surface area contributed by atoms with Gasteiger partial charge in [-0.25, -0.2) is 4.98 Å². The number of imidazole rings is 1. The van der Waals surface area contributed by atoms with E-state index in [1.54, 1.807) is 0 Å². The van der Waals surface area contributed by atoms with Gasteiger partial charge in [-0.05, 0) is 43.2 Å². The van der Waals surface area contributed by atoms with E-state index in [0.717, 1.165) is 33.7 Å². The van der Waals surface area contributed by atoms with Gasteiger partial charge in [-0.15, -0.1) is 13.2 Å². The molecule has 0 bridgehead atoms. The summed E-state index contributed by atoms with van der Waals surface area (Å²) in [5.74, 6) is -0.524. The molecule has 8 heteroatoms. The van der Waals surface area contributed by atoms with Gasteiger partial charge >= 0.3 is 6.36 Å². The number of aryl methyl sites for hydroxylation is 2. The Morgan fingerprint density at radius 2 is 1.64 bits per heavy atom. The van der Waals surface area contributed by atoms with Crippen molar-refractivity contribution >= 4 is 11.6 Å². The number of hydrogen-bond donors (Lipinski definition) is 1. The van der Waals surface area contributed by atoms with Crippen molar-refractivity contribution in [1.82, 2.24) is 14.7 Å². The zero-order valence-corrected chi connectivity index (χ0v) is 18.1. The predicted octanol–water partition coefficient (Wildman–Crippen LogP) is 5.38. The Morgan fingerprint density at radius 1 is 0.970 bits per heavy atom. The molecule has 2 aromatic carbocycles. The van der Waals surface area contributed by atoms with Crippen molar-refractivity contribution in [3.8, 4) is 17.0 Å². The summed E-state index contributed by atoms with van der Waals surface area (Å²) in [5, 5.41) is 2.83. The van der Waals surface area contributed by atoms with Crippen LogP contribution < -0.4 is 10.1 Å². The lowest BCUT2D eigenvalue weighted by atomic mass is 10.1. The number of fused-ring (bicyclic) bond motifs is 1. The van der Waals surface area contributed by atoms with Crippen LogP contribution in [-0.2, 0) is 17.8 Å². The monoisotopic (exact) mass is 453 g/mol. The molecule has 33 heavy (non-hydrogen) atoms. The van der Waals surface area contributed by atoms with Crippen LogP contribution in [0.15, 0.2) is 66.9 Å². The second kappa shape index (κ2) is 8.97. The third-order valence-electron chi connectivity index (χ3n) is 5.16. The first-order valence-corrected chi connectivity index (χ1v) is 10.3. The predicted molar refractivity (Wildman–Crippen MR) is 119 cm³/mol. The molecule has 0 aliphatic carbocycles. The summed E-state index contributed by atoms with van der Waals surface area (Å²) < 4.78 is 42.7. The molecule has 0 aliphatic rings. The highest BCUT2D eigenvalue weighted by Gasteiger charge is 2.30. The molecule has 1 amide bonds. The van der Waals surface area contributed by atoms with Crippen molar-refractivity contribution < 1.29 is 22.7 Å². The number of nitrogens with zero attached hydrogens (tertiary/aromatic N) is 2.